The lowest BCUT2D eigenvalue weighted by Crippen LogP contribution is -2.41. The van der Waals surface area contributed by atoms with Gasteiger partial charge in [-0.1, -0.05) is 32.0 Å². The van der Waals surface area contributed by atoms with Crippen LogP contribution in [0.15, 0.2) is 47.8 Å². The lowest BCUT2D eigenvalue weighted by Gasteiger charge is -2.38. The van der Waals surface area contributed by atoms with Crippen LogP contribution >= 0.6 is 11.3 Å². The fourth-order valence-corrected chi connectivity index (χ4v) is 5.14. The summed E-state index contributed by atoms with van der Waals surface area (Å²) in [5.41, 5.74) is 3.42. The van der Waals surface area contributed by atoms with Gasteiger partial charge in [0.15, 0.2) is 0 Å². The molecule has 0 bridgehead atoms. The minimum absolute atomic E-state index is 0.0884. The van der Waals surface area contributed by atoms with Gasteiger partial charge in [0.1, 0.15) is 28.9 Å². The molecule has 0 aliphatic carbocycles. The van der Waals surface area contributed by atoms with Gasteiger partial charge in [-0.15, -0.1) is 11.3 Å². The summed E-state index contributed by atoms with van der Waals surface area (Å²) in [4.78, 5) is 33.8. The van der Waals surface area contributed by atoms with E-state index < -0.39 is 0 Å². The highest BCUT2D eigenvalue weighted by Crippen LogP contribution is 2.38. The molecule has 0 fully saturated rings. The van der Waals surface area contributed by atoms with Crippen LogP contribution in [0.2, 0.25) is 0 Å². The van der Waals surface area contributed by atoms with Crippen LogP contribution < -0.4 is 4.74 Å². The highest BCUT2D eigenvalue weighted by Gasteiger charge is 2.32. The van der Waals surface area contributed by atoms with Crippen molar-refractivity contribution < 1.29 is 18.7 Å². The van der Waals surface area contributed by atoms with Gasteiger partial charge in [0.25, 0.3) is 5.91 Å². The molecule has 3 aromatic rings. The average molecular weight is 524 g/mol. The maximum atomic E-state index is 13.7. The topological polar surface area (TPSA) is 62.7 Å². The van der Waals surface area contributed by atoms with Gasteiger partial charge in [-0.3, -0.25) is 9.59 Å². The van der Waals surface area contributed by atoms with Crippen molar-refractivity contribution in [1.29, 1.82) is 0 Å². The molecule has 1 unspecified atom stereocenters. The first kappa shape index (κ1) is 26.8. The smallest absolute Gasteiger partial charge is 0.273 e. The second-order valence-electron chi connectivity index (χ2n) is 10.2. The van der Waals surface area contributed by atoms with E-state index in [1.165, 1.54) is 23.5 Å². The molecule has 0 saturated carbocycles. The molecule has 1 aliphatic heterocycles. The van der Waals surface area contributed by atoms with Gasteiger partial charge in [0.2, 0.25) is 5.91 Å². The number of benzene rings is 2. The molecule has 0 N–H and O–H groups in total. The Balaban J connectivity index is 1.57. The molecule has 0 saturated heterocycles. The average Bonchev–Trinajstić information content (AvgIpc) is 3.35. The SMILES string of the molecule is CC(C)CC(=O)N1CCc2ccc(OCc3nc(C(=O)N(C)C(C)C)cs3)cc2C1c1ccc(F)cc1. The third-order valence-electron chi connectivity index (χ3n) is 6.66. The van der Waals surface area contributed by atoms with Crippen LogP contribution in [0.4, 0.5) is 4.39 Å². The lowest BCUT2D eigenvalue weighted by atomic mass is 9.87. The van der Waals surface area contributed by atoms with Crippen molar-refractivity contribution in [3.8, 4) is 5.75 Å². The zero-order chi connectivity index (χ0) is 26.7. The van der Waals surface area contributed by atoms with E-state index in [0.717, 1.165) is 23.1 Å². The Morgan fingerprint density at radius 1 is 1.16 bits per heavy atom. The van der Waals surface area contributed by atoms with E-state index >= 15 is 0 Å². The maximum absolute atomic E-state index is 13.7. The van der Waals surface area contributed by atoms with Crippen LogP contribution in [0.1, 0.15) is 72.3 Å². The fraction of sp³-hybridized carbons (Fsp3) is 0.414. The van der Waals surface area contributed by atoms with Crippen LogP contribution in [0, 0.1) is 11.7 Å². The monoisotopic (exact) mass is 523 g/mol. The van der Waals surface area contributed by atoms with Crippen molar-refractivity contribution in [2.45, 2.75) is 59.2 Å². The number of hydrogen-bond donors (Lipinski definition) is 0. The number of hydrogen-bond acceptors (Lipinski definition) is 5. The van der Waals surface area contributed by atoms with E-state index in [4.69, 9.17) is 4.74 Å². The number of thiazole rings is 1. The fourth-order valence-electron chi connectivity index (χ4n) is 4.46. The van der Waals surface area contributed by atoms with Crippen molar-refractivity contribution in [1.82, 2.24) is 14.8 Å². The van der Waals surface area contributed by atoms with Crippen molar-refractivity contribution in [2.24, 2.45) is 5.92 Å². The number of nitrogens with zero attached hydrogens (tertiary/aromatic N) is 3. The minimum Gasteiger partial charge on any atom is -0.486 e. The van der Waals surface area contributed by atoms with E-state index in [-0.39, 0.29) is 42.2 Å². The molecule has 37 heavy (non-hydrogen) atoms. The first-order chi connectivity index (χ1) is 17.6. The Bertz CT molecular complexity index is 1260. The van der Waals surface area contributed by atoms with Crippen molar-refractivity contribution >= 4 is 23.2 Å². The second-order valence-corrected chi connectivity index (χ2v) is 11.1. The summed E-state index contributed by atoms with van der Waals surface area (Å²) in [5, 5.41) is 2.47. The predicted molar refractivity (Wildman–Crippen MR) is 143 cm³/mol. The molecule has 0 radical (unpaired) electrons. The van der Waals surface area contributed by atoms with Crippen molar-refractivity contribution in [3.05, 3.63) is 81.1 Å². The molecule has 4 rings (SSSR count). The Morgan fingerprint density at radius 2 is 1.89 bits per heavy atom. The molecular formula is C29H34FN3O3S. The summed E-state index contributed by atoms with van der Waals surface area (Å²) in [6, 6.07) is 12.1. The predicted octanol–water partition coefficient (Wildman–Crippen LogP) is 5.86. The molecule has 8 heteroatoms. The quantitative estimate of drug-likeness (QED) is 0.371. The molecule has 2 aromatic carbocycles. The summed E-state index contributed by atoms with van der Waals surface area (Å²) in [7, 11) is 1.77. The number of aromatic nitrogens is 1. The molecule has 1 aliphatic rings. The molecular weight excluding hydrogens is 489 g/mol. The summed E-state index contributed by atoms with van der Waals surface area (Å²) in [6.45, 7) is 8.84. The number of halogens is 1. The number of amides is 2. The van der Waals surface area contributed by atoms with Crippen LogP contribution in [-0.4, -0.2) is 46.2 Å². The molecule has 1 atom stereocenters. The number of fused-ring (bicyclic) bond motifs is 1. The van der Waals surface area contributed by atoms with E-state index in [1.54, 1.807) is 29.5 Å². The second kappa shape index (κ2) is 11.4. The number of carbonyl (C=O) groups excluding carboxylic acids is 2. The summed E-state index contributed by atoms with van der Waals surface area (Å²) >= 11 is 1.39. The molecule has 2 amide bonds. The summed E-state index contributed by atoms with van der Waals surface area (Å²) < 4.78 is 19.8. The van der Waals surface area contributed by atoms with Crippen molar-refractivity contribution in [2.75, 3.05) is 13.6 Å². The van der Waals surface area contributed by atoms with Gasteiger partial charge in [-0.25, -0.2) is 9.37 Å². The van der Waals surface area contributed by atoms with Crippen LogP contribution in [0.25, 0.3) is 0 Å². The van der Waals surface area contributed by atoms with Gasteiger partial charge in [0.05, 0.1) is 6.04 Å². The summed E-state index contributed by atoms with van der Waals surface area (Å²) in [5.74, 6) is 0.573. The minimum atomic E-state index is -0.310. The van der Waals surface area contributed by atoms with Gasteiger partial charge in [0, 0.05) is 31.4 Å². The zero-order valence-electron chi connectivity index (χ0n) is 22.0. The van der Waals surface area contributed by atoms with E-state index in [1.807, 2.05) is 50.8 Å². The lowest BCUT2D eigenvalue weighted by molar-refractivity contribution is -0.134. The Hall–Kier alpha value is -3.26. The number of ether oxygens (including phenoxy) is 1. The van der Waals surface area contributed by atoms with Crippen LogP contribution in [-0.2, 0) is 17.8 Å². The largest absolute Gasteiger partial charge is 0.486 e. The molecule has 0 spiro atoms. The van der Waals surface area contributed by atoms with Crippen molar-refractivity contribution in [3.63, 3.8) is 0 Å². The standard InChI is InChI=1S/C29H34FN3O3S/c1-18(2)14-27(34)33-13-12-20-8-11-23(15-24(20)28(33)21-6-9-22(30)10-7-21)36-16-26-31-25(17-37-26)29(35)32(5)19(3)4/h6-11,15,17-19,28H,12-14,16H2,1-5H3. The Labute approximate surface area is 222 Å². The maximum Gasteiger partial charge on any atom is 0.273 e. The molecule has 2 heterocycles. The van der Waals surface area contributed by atoms with E-state index in [9.17, 15) is 14.0 Å². The Morgan fingerprint density at radius 3 is 2.57 bits per heavy atom. The third-order valence-corrected chi connectivity index (χ3v) is 7.49. The highest BCUT2D eigenvalue weighted by molar-refractivity contribution is 7.09. The highest BCUT2D eigenvalue weighted by atomic mass is 32.1. The number of carbonyl (C=O) groups is 2. The van der Waals surface area contributed by atoms with Gasteiger partial charge in [-0.05, 0) is 67.1 Å². The third kappa shape index (κ3) is 6.18. The van der Waals surface area contributed by atoms with E-state index in [0.29, 0.717) is 29.4 Å². The first-order valence-electron chi connectivity index (χ1n) is 12.7. The normalized spacial score (nSPS) is 15.1. The first-order valence-corrected chi connectivity index (χ1v) is 13.5. The van der Waals surface area contributed by atoms with Crippen LogP contribution in [0.3, 0.4) is 0 Å². The van der Waals surface area contributed by atoms with E-state index in [2.05, 4.69) is 4.98 Å². The molecule has 196 valence electrons. The van der Waals surface area contributed by atoms with Gasteiger partial charge < -0.3 is 14.5 Å². The number of rotatable bonds is 8. The summed E-state index contributed by atoms with van der Waals surface area (Å²) in [6.07, 6.45) is 1.21. The van der Waals surface area contributed by atoms with Gasteiger partial charge >= 0.3 is 0 Å². The molecule has 6 nitrogen and oxygen atoms in total. The van der Waals surface area contributed by atoms with Crippen LogP contribution in [0.5, 0.6) is 5.75 Å². The molecule has 1 aromatic heterocycles. The van der Waals surface area contributed by atoms with Gasteiger partial charge in [-0.2, -0.15) is 0 Å². The zero-order valence-corrected chi connectivity index (χ0v) is 22.8. The Kier molecular flexibility index (Phi) is 8.27.